The highest BCUT2D eigenvalue weighted by Crippen LogP contribution is 2.14. The first kappa shape index (κ1) is 24.4. The van der Waals surface area contributed by atoms with Gasteiger partial charge in [-0.1, -0.05) is 12.1 Å². The Hall–Kier alpha value is -1.66. The third-order valence-electron chi connectivity index (χ3n) is 3.88. The predicted molar refractivity (Wildman–Crippen MR) is 122 cm³/mol. The van der Waals surface area contributed by atoms with Crippen molar-refractivity contribution in [2.75, 3.05) is 27.2 Å². The molecule has 2 N–H and O–H groups in total. The highest BCUT2D eigenvalue weighted by molar-refractivity contribution is 14.0. The monoisotopic (exact) mass is 520 g/mol. The number of aryl methyl sites for hydroxylation is 1. The molecule has 0 aliphatic heterocycles. The van der Waals surface area contributed by atoms with Gasteiger partial charge in [0.1, 0.15) is 0 Å². The molecule has 0 unspecified atom stereocenters. The fourth-order valence-corrected chi connectivity index (χ4v) is 3.27. The minimum Gasteiger partial charge on any atom is -0.357 e. The summed E-state index contributed by atoms with van der Waals surface area (Å²) in [6.45, 7) is 4.89. The second-order valence-electron chi connectivity index (χ2n) is 6.18. The van der Waals surface area contributed by atoms with E-state index in [4.69, 9.17) is 0 Å². The van der Waals surface area contributed by atoms with Gasteiger partial charge in [0.05, 0.1) is 11.4 Å². The van der Waals surface area contributed by atoms with Crippen LogP contribution in [0.5, 0.6) is 0 Å². The molecule has 2 rings (SSSR count). The molecule has 0 aliphatic carbocycles. The van der Waals surface area contributed by atoms with Crippen molar-refractivity contribution in [1.29, 1.82) is 0 Å². The van der Waals surface area contributed by atoms with Gasteiger partial charge in [0, 0.05) is 46.1 Å². The number of hydrogen-bond acceptors (Lipinski definition) is 4. The van der Waals surface area contributed by atoms with Crippen molar-refractivity contribution < 1.29 is 8.42 Å². The smallest absolute Gasteiger partial charge is 0.242 e. The summed E-state index contributed by atoms with van der Waals surface area (Å²) in [4.78, 5) is 4.84. The van der Waals surface area contributed by atoms with Crippen molar-refractivity contribution in [2.45, 2.75) is 31.3 Å². The number of hydrogen-bond donors (Lipinski definition) is 2. The SMILES string of the molecule is CCNC(=NCc1ccc(S(=O)(=O)N(C)C)cc1)NCCCn1cccn1.I. The first-order chi connectivity index (χ1) is 12.9. The van der Waals surface area contributed by atoms with Gasteiger partial charge >= 0.3 is 0 Å². The van der Waals surface area contributed by atoms with Gasteiger partial charge in [0.25, 0.3) is 0 Å². The Morgan fingerprint density at radius 1 is 1.21 bits per heavy atom. The van der Waals surface area contributed by atoms with Crippen LogP contribution in [0.1, 0.15) is 18.9 Å². The summed E-state index contributed by atoms with van der Waals surface area (Å²) in [7, 11) is -0.357. The van der Waals surface area contributed by atoms with Crippen LogP contribution in [-0.2, 0) is 23.1 Å². The number of aromatic nitrogens is 2. The highest BCUT2D eigenvalue weighted by atomic mass is 127. The molecule has 2 aromatic rings. The molecule has 0 atom stereocenters. The third kappa shape index (κ3) is 7.40. The van der Waals surface area contributed by atoms with Gasteiger partial charge in [-0.25, -0.2) is 17.7 Å². The first-order valence-electron chi connectivity index (χ1n) is 8.94. The zero-order valence-electron chi connectivity index (χ0n) is 16.5. The van der Waals surface area contributed by atoms with E-state index in [1.54, 1.807) is 30.5 Å². The van der Waals surface area contributed by atoms with Gasteiger partial charge in [0.15, 0.2) is 5.96 Å². The number of nitrogens with one attached hydrogen (secondary N) is 2. The molecule has 1 heterocycles. The molecule has 156 valence electrons. The topological polar surface area (TPSA) is 91.6 Å². The average Bonchev–Trinajstić information content (AvgIpc) is 3.17. The maximum absolute atomic E-state index is 12.1. The van der Waals surface area contributed by atoms with Crippen molar-refractivity contribution in [3.05, 3.63) is 48.3 Å². The Labute approximate surface area is 184 Å². The summed E-state index contributed by atoms with van der Waals surface area (Å²) in [5.74, 6) is 0.739. The van der Waals surface area contributed by atoms with Gasteiger partial charge in [-0.15, -0.1) is 24.0 Å². The van der Waals surface area contributed by atoms with Gasteiger partial charge < -0.3 is 10.6 Å². The Morgan fingerprint density at radius 3 is 2.50 bits per heavy atom. The molecule has 1 aromatic carbocycles. The third-order valence-corrected chi connectivity index (χ3v) is 5.71. The lowest BCUT2D eigenvalue weighted by molar-refractivity contribution is 0.520. The molecule has 8 nitrogen and oxygen atoms in total. The van der Waals surface area contributed by atoms with Crippen LogP contribution in [0.3, 0.4) is 0 Å². The van der Waals surface area contributed by atoms with Crippen molar-refractivity contribution in [1.82, 2.24) is 24.7 Å². The summed E-state index contributed by atoms with van der Waals surface area (Å²) >= 11 is 0. The van der Waals surface area contributed by atoms with Crippen LogP contribution in [0, 0.1) is 0 Å². The van der Waals surface area contributed by atoms with Crippen LogP contribution in [-0.4, -0.2) is 55.6 Å². The first-order valence-corrected chi connectivity index (χ1v) is 10.4. The van der Waals surface area contributed by atoms with Crippen LogP contribution in [0.15, 0.2) is 52.6 Å². The van der Waals surface area contributed by atoms with E-state index >= 15 is 0 Å². The van der Waals surface area contributed by atoms with Crippen LogP contribution in [0.4, 0.5) is 0 Å². The van der Waals surface area contributed by atoms with Crippen molar-refractivity contribution in [3.8, 4) is 0 Å². The van der Waals surface area contributed by atoms with E-state index < -0.39 is 10.0 Å². The lowest BCUT2D eigenvalue weighted by Crippen LogP contribution is -2.38. The van der Waals surface area contributed by atoms with E-state index in [1.165, 1.54) is 18.4 Å². The summed E-state index contributed by atoms with van der Waals surface area (Å²) in [5, 5.41) is 10.7. The van der Waals surface area contributed by atoms with Crippen molar-refractivity contribution >= 4 is 40.0 Å². The molecular formula is C18H29IN6O2S. The van der Waals surface area contributed by atoms with E-state index in [0.29, 0.717) is 6.54 Å². The molecule has 0 radical (unpaired) electrons. The number of nitrogens with zero attached hydrogens (tertiary/aromatic N) is 4. The Balaban J connectivity index is 0.00000392. The predicted octanol–water partition coefficient (Wildman–Crippen LogP) is 1.90. The second-order valence-corrected chi connectivity index (χ2v) is 8.33. The van der Waals surface area contributed by atoms with Crippen LogP contribution >= 0.6 is 24.0 Å². The Bertz CT molecular complexity index is 820. The quantitative estimate of drug-likeness (QED) is 0.228. The summed E-state index contributed by atoms with van der Waals surface area (Å²) < 4.78 is 27.3. The zero-order valence-corrected chi connectivity index (χ0v) is 19.6. The molecule has 0 saturated carbocycles. The van der Waals surface area contributed by atoms with E-state index in [0.717, 1.165) is 37.6 Å². The molecule has 28 heavy (non-hydrogen) atoms. The van der Waals surface area contributed by atoms with Crippen LogP contribution in [0.2, 0.25) is 0 Å². The fourth-order valence-electron chi connectivity index (χ4n) is 2.37. The normalized spacial score (nSPS) is 11.9. The fraction of sp³-hybridized carbons (Fsp3) is 0.444. The van der Waals surface area contributed by atoms with Crippen LogP contribution < -0.4 is 10.6 Å². The molecule has 0 fully saturated rings. The zero-order chi connectivity index (χ0) is 19.7. The molecule has 0 amide bonds. The minimum absolute atomic E-state index is 0. The number of benzene rings is 1. The number of rotatable bonds is 9. The average molecular weight is 520 g/mol. The maximum atomic E-state index is 12.1. The summed E-state index contributed by atoms with van der Waals surface area (Å²) in [6.07, 6.45) is 4.65. The second kappa shape index (κ2) is 12.0. The van der Waals surface area contributed by atoms with Crippen molar-refractivity contribution in [3.63, 3.8) is 0 Å². The van der Waals surface area contributed by atoms with E-state index in [-0.39, 0.29) is 28.9 Å². The molecule has 0 bridgehead atoms. The summed E-state index contributed by atoms with van der Waals surface area (Å²) in [5.41, 5.74) is 0.946. The highest BCUT2D eigenvalue weighted by Gasteiger charge is 2.16. The number of guanidine groups is 1. The standard InChI is InChI=1S/C18H28N6O2S.HI/c1-4-19-18(20-11-5-13-24-14-6-12-22-24)21-15-16-7-9-17(10-8-16)27(25,26)23(2)3;/h6-10,12,14H,4-5,11,13,15H2,1-3H3,(H2,19,20,21);1H. The molecule has 10 heteroatoms. The van der Waals surface area contributed by atoms with E-state index in [9.17, 15) is 8.42 Å². The lowest BCUT2D eigenvalue weighted by atomic mass is 10.2. The minimum atomic E-state index is -3.40. The Morgan fingerprint density at radius 2 is 1.93 bits per heavy atom. The van der Waals surface area contributed by atoms with Gasteiger partial charge in [0.2, 0.25) is 10.0 Å². The maximum Gasteiger partial charge on any atom is 0.242 e. The van der Waals surface area contributed by atoms with Gasteiger partial charge in [-0.05, 0) is 37.1 Å². The van der Waals surface area contributed by atoms with E-state index in [1.807, 2.05) is 23.9 Å². The Kier molecular flexibility index (Phi) is 10.5. The molecule has 0 aliphatic rings. The lowest BCUT2D eigenvalue weighted by Gasteiger charge is -2.12. The van der Waals surface area contributed by atoms with E-state index in [2.05, 4.69) is 20.7 Å². The molecular weight excluding hydrogens is 491 g/mol. The van der Waals surface area contributed by atoms with Crippen LogP contribution in [0.25, 0.3) is 0 Å². The molecule has 0 spiro atoms. The largest absolute Gasteiger partial charge is 0.357 e. The number of halogens is 1. The number of sulfonamides is 1. The van der Waals surface area contributed by atoms with Crippen molar-refractivity contribution in [2.24, 2.45) is 4.99 Å². The molecule has 0 saturated heterocycles. The van der Waals surface area contributed by atoms with Gasteiger partial charge in [-0.3, -0.25) is 4.68 Å². The van der Waals surface area contributed by atoms with Gasteiger partial charge in [-0.2, -0.15) is 5.10 Å². The summed E-state index contributed by atoms with van der Waals surface area (Å²) in [6, 6.07) is 8.73. The number of aliphatic imine (C=N–C) groups is 1. The molecule has 1 aromatic heterocycles.